The van der Waals surface area contributed by atoms with Gasteiger partial charge < -0.3 is 29.2 Å². The van der Waals surface area contributed by atoms with Crippen LogP contribution in [0.4, 0.5) is 16.2 Å². The predicted molar refractivity (Wildman–Crippen MR) is 142 cm³/mol. The molecule has 2 aromatic carbocycles. The van der Waals surface area contributed by atoms with Gasteiger partial charge in [-0.1, -0.05) is 18.2 Å². The number of ether oxygens (including phenoxy) is 4. The second kappa shape index (κ2) is 10.2. The van der Waals surface area contributed by atoms with E-state index in [-0.39, 0.29) is 12.1 Å². The quantitative estimate of drug-likeness (QED) is 0.435. The molecule has 1 N–H and O–H groups in total. The summed E-state index contributed by atoms with van der Waals surface area (Å²) in [6.07, 6.45) is 1.57. The number of anilines is 2. The van der Waals surface area contributed by atoms with E-state index in [1.807, 2.05) is 68.1 Å². The van der Waals surface area contributed by atoms with Crippen LogP contribution >= 0.6 is 0 Å². The van der Waals surface area contributed by atoms with Crippen molar-refractivity contribution >= 4 is 17.5 Å². The van der Waals surface area contributed by atoms with Crippen LogP contribution in [-0.2, 0) is 4.74 Å². The smallest absolute Gasteiger partial charge is 0.410 e. The molecule has 1 unspecified atom stereocenters. The molecule has 2 aliphatic rings. The SMILES string of the molecule is COc1nc(-c2cccc3c2OCCO3)ccc1Nc1cccc(C2CCCN2C(=O)OC(C)(C)C)c1. The van der Waals surface area contributed by atoms with Crippen molar-refractivity contribution in [3.05, 3.63) is 60.2 Å². The van der Waals surface area contributed by atoms with Crippen LogP contribution in [0.5, 0.6) is 17.4 Å². The van der Waals surface area contributed by atoms with Gasteiger partial charge in [-0.3, -0.25) is 0 Å². The summed E-state index contributed by atoms with van der Waals surface area (Å²) in [5.74, 6) is 1.88. The minimum atomic E-state index is -0.526. The number of hydrogen-bond donors (Lipinski definition) is 1. The van der Waals surface area contributed by atoms with Gasteiger partial charge in [0.15, 0.2) is 11.5 Å². The van der Waals surface area contributed by atoms with Crippen LogP contribution in [0.15, 0.2) is 54.6 Å². The first-order valence-corrected chi connectivity index (χ1v) is 12.6. The van der Waals surface area contributed by atoms with E-state index >= 15 is 0 Å². The summed E-state index contributed by atoms with van der Waals surface area (Å²) in [6, 6.07) is 17.7. The molecule has 37 heavy (non-hydrogen) atoms. The number of methoxy groups -OCH3 is 1. The molecule has 1 aromatic heterocycles. The third-order valence-corrected chi connectivity index (χ3v) is 6.33. The largest absolute Gasteiger partial charge is 0.486 e. The summed E-state index contributed by atoms with van der Waals surface area (Å²) in [6.45, 7) is 7.39. The highest BCUT2D eigenvalue weighted by Crippen LogP contribution is 2.41. The van der Waals surface area contributed by atoms with Crippen molar-refractivity contribution in [3.63, 3.8) is 0 Å². The van der Waals surface area contributed by atoms with E-state index in [2.05, 4.69) is 17.4 Å². The van der Waals surface area contributed by atoms with Gasteiger partial charge in [0.25, 0.3) is 0 Å². The van der Waals surface area contributed by atoms with Crippen molar-refractivity contribution in [2.45, 2.75) is 45.3 Å². The zero-order valence-corrected chi connectivity index (χ0v) is 21.7. The minimum Gasteiger partial charge on any atom is -0.486 e. The summed E-state index contributed by atoms with van der Waals surface area (Å²) < 4.78 is 22.9. The number of amides is 1. The lowest BCUT2D eigenvalue weighted by molar-refractivity contribution is 0.0224. The standard InChI is InChI=1S/C29H33N3O5/c1-29(2,3)37-28(33)32-15-7-11-24(32)19-8-5-9-20(18-19)30-23-14-13-22(31-27(23)34-4)21-10-6-12-25-26(21)36-17-16-35-25/h5-6,8-10,12-14,18,24,30H,7,11,15-17H2,1-4H3. The number of nitrogens with one attached hydrogen (secondary N) is 1. The Bertz CT molecular complexity index is 1290. The van der Waals surface area contributed by atoms with E-state index in [1.165, 1.54) is 0 Å². The summed E-state index contributed by atoms with van der Waals surface area (Å²) in [7, 11) is 1.60. The van der Waals surface area contributed by atoms with Crippen LogP contribution in [0.25, 0.3) is 11.3 Å². The molecular weight excluding hydrogens is 470 g/mol. The Hall–Kier alpha value is -3.94. The van der Waals surface area contributed by atoms with Crippen molar-refractivity contribution in [3.8, 4) is 28.6 Å². The van der Waals surface area contributed by atoms with Crippen LogP contribution in [0.3, 0.4) is 0 Å². The second-order valence-electron chi connectivity index (χ2n) is 10.2. The number of carbonyl (C=O) groups excluding carboxylic acids is 1. The third-order valence-electron chi connectivity index (χ3n) is 6.33. The number of benzene rings is 2. The molecule has 0 aliphatic carbocycles. The fraction of sp³-hybridized carbons (Fsp3) is 0.379. The van der Waals surface area contributed by atoms with Crippen LogP contribution in [0, 0.1) is 0 Å². The fourth-order valence-electron chi connectivity index (χ4n) is 4.75. The Labute approximate surface area is 217 Å². The van der Waals surface area contributed by atoms with E-state index < -0.39 is 5.60 Å². The molecule has 0 saturated carbocycles. The number of para-hydroxylation sites is 1. The van der Waals surface area contributed by atoms with Gasteiger partial charge in [-0.25, -0.2) is 9.78 Å². The maximum absolute atomic E-state index is 12.8. The molecule has 8 nitrogen and oxygen atoms in total. The highest BCUT2D eigenvalue weighted by atomic mass is 16.6. The number of aromatic nitrogens is 1. The summed E-state index contributed by atoms with van der Waals surface area (Å²) in [5, 5.41) is 3.43. The number of pyridine rings is 1. The predicted octanol–water partition coefficient (Wildman–Crippen LogP) is 6.34. The van der Waals surface area contributed by atoms with E-state index in [1.54, 1.807) is 7.11 Å². The van der Waals surface area contributed by atoms with Gasteiger partial charge in [0.1, 0.15) is 24.5 Å². The van der Waals surface area contributed by atoms with Crippen molar-refractivity contribution < 1.29 is 23.7 Å². The molecule has 3 aromatic rings. The van der Waals surface area contributed by atoms with Crippen molar-refractivity contribution in [1.29, 1.82) is 0 Å². The van der Waals surface area contributed by atoms with Crippen molar-refractivity contribution in [2.24, 2.45) is 0 Å². The van der Waals surface area contributed by atoms with Gasteiger partial charge in [-0.2, -0.15) is 0 Å². The maximum Gasteiger partial charge on any atom is 0.410 e. The van der Waals surface area contributed by atoms with Gasteiger partial charge >= 0.3 is 6.09 Å². The molecule has 1 atom stereocenters. The van der Waals surface area contributed by atoms with Crippen LogP contribution in [0.2, 0.25) is 0 Å². The lowest BCUT2D eigenvalue weighted by Crippen LogP contribution is -2.36. The molecule has 1 fully saturated rings. The molecular formula is C29H33N3O5. The van der Waals surface area contributed by atoms with E-state index in [9.17, 15) is 4.79 Å². The van der Waals surface area contributed by atoms with E-state index in [4.69, 9.17) is 23.9 Å². The van der Waals surface area contributed by atoms with E-state index in [0.29, 0.717) is 31.4 Å². The number of carbonyl (C=O) groups is 1. The van der Waals surface area contributed by atoms with Gasteiger partial charge in [-0.05, 0) is 75.6 Å². The molecule has 2 aliphatic heterocycles. The zero-order valence-electron chi connectivity index (χ0n) is 21.7. The number of nitrogens with zero attached hydrogens (tertiary/aromatic N) is 2. The first-order chi connectivity index (χ1) is 17.8. The first-order valence-electron chi connectivity index (χ1n) is 12.6. The Balaban J connectivity index is 1.37. The topological polar surface area (TPSA) is 82.2 Å². The Morgan fingerprint density at radius 1 is 1.08 bits per heavy atom. The monoisotopic (exact) mass is 503 g/mol. The van der Waals surface area contributed by atoms with Gasteiger partial charge in [0.2, 0.25) is 5.88 Å². The van der Waals surface area contributed by atoms with Gasteiger partial charge in [-0.15, -0.1) is 0 Å². The summed E-state index contributed by atoms with van der Waals surface area (Å²) >= 11 is 0. The first kappa shape index (κ1) is 24.7. The highest BCUT2D eigenvalue weighted by Gasteiger charge is 2.33. The average molecular weight is 504 g/mol. The molecule has 5 rings (SSSR count). The molecule has 1 saturated heterocycles. The number of hydrogen-bond acceptors (Lipinski definition) is 7. The van der Waals surface area contributed by atoms with E-state index in [0.717, 1.165) is 46.8 Å². The van der Waals surface area contributed by atoms with Crippen molar-refractivity contribution in [2.75, 3.05) is 32.2 Å². The molecule has 0 radical (unpaired) electrons. The van der Waals surface area contributed by atoms with Crippen LogP contribution in [0.1, 0.15) is 45.2 Å². The average Bonchev–Trinajstić information content (AvgIpc) is 3.38. The third kappa shape index (κ3) is 5.43. The summed E-state index contributed by atoms with van der Waals surface area (Å²) in [5.41, 5.74) is 3.74. The normalized spacial score (nSPS) is 16.9. The zero-order chi connectivity index (χ0) is 26.0. The van der Waals surface area contributed by atoms with Crippen LogP contribution in [-0.4, -0.2) is 48.4 Å². The van der Waals surface area contributed by atoms with Crippen molar-refractivity contribution in [1.82, 2.24) is 9.88 Å². The second-order valence-corrected chi connectivity index (χ2v) is 10.2. The maximum atomic E-state index is 12.8. The summed E-state index contributed by atoms with van der Waals surface area (Å²) in [4.78, 5) is 19.4. The number of fused-ring (bicyclic) bond motifs is 1. The molecule has 194 valence electrons. The molecule has 0 bridgehead atoms. The minimum absolute atomic E-state index is 0.0227. The molecule has 8 heteroatoms. The lowest BCUT2D eigenvalue weighted by Gasteiger charge is -2.29. The van der Waals surface area contributed by atoms with Gasteiger partial charge in [0, 0.05) is 17.8 Å². The Kier molecular flexibility index (Phi) is 6.82. The lowest BCUT2D eigenvalue weighted by atomic mass is 10.0. The molecule has 0 spiro atoms. The van der Waals surface area contributed by atoms with Crippen LogP contribution < -0.4 is 19.5 Å². The number of likely N-dealkylation sites (tertiary alicyclic amines) is 1. The highest BCUT2D eigenvalue weighted by molar-refractivity contribution is 5.75. The number of rotatable bonds is 5. The van der Waals surface area contributed by atoms with Gasteiger partial charge in [0.05, 0.1) is 18.8 Å². The fourth-order valence-corrected chi connectivity index (χ4v) is 4.75. The molecule has 1 amide bonds. The Morgan fingerprint density at radius 2 is 1.89 bits per heavy atom. The Morgan fingerprint density at radius 3 is 2.70 bits per heavy atom. The molecule has 3 heterocycles.